The summed E-state index contributed by atoms with van der Waals surface area (Å²) in [5.74, 6) is 1.10. The summed E-state index contributed by atoms with van der Waals surface area (Å²) < 4.78 is 5.90. The maximum Gasteiger partial charge on any atom is 0.125 e. The van der Waals surface area contributed by atoms with E-state index in [1.165, 1.54) is 5.56 Å². The lowest BCUT2D eigenvalue weighted by molar-refractivity contribution is 0.298. The van der Waals surface area contributed by atoms with Crippen LogP contribution in [0.3, 0.4) is 0 Å². The minimum absolute atomic E-state index is 0.0442. The Morgan fingerprint density at radius 3 is 2.38 bits per heavy atom. The Kier molecular flexibility index (Phi) is 7.09. The molecule has 0 saturated carbocycles. The molecule has 2 aromatic carbocycles. The van der Waals surface area contributed by atoms with Crippen LogP contribution in [0.15, 0.2) is 43.0 Å². The number of ether oxygens (including phenoxy) is 1. The lowest BCUT2D eigenvalue weighted by Gasteiger charge is -2.21. The third-order valence-electron chi connectivity index (χ3n) is 3.75. The van der Waals surface area contributed by atoms with E-state index in [1.807, 2.05) is 51.1 Å². The van der Waals surface area contributed by atoms with E-state index in [4.69, 9.17) is 4.74 Å². The molecule has 1 N–H and O–H groups in total. The normalized spacial score (nSPS) is 10.6. The number of phenols is 1. The van der Waals surface area contributed by atoms with E-state index in [2.05, 4.69) is 39.5 Å². The van der Waals surface area contributed by atoms with Crippen molar-refractivity contribution >= 4 is 6.08 Å². The van der Waals surface area contributed by atoms with Gasteiger partial charge in [-0.3, -0.25) is 0 Å². The molecule has 2 rings (SSSR count). The molecule has 0 radical (unpaired) electrons. The number of phenolic OH excluding ortho intramolecular Hbond substituents is 1. The molecule has 24 heavy (non-hydrogen) atoms. The Balaban J connectivity index is 0.00000139. The highest BCUT2D eigenvalue weighted by molar-refractivity contribution is 5.53. The summed E-state index contributed by atoms with van der Waals surface area (Å²) in [6, 6.07) is 11.8. The Morgan fingerprint density at radius 2 is 1.79 bits per heavy atom. The number of aryl methyl sites for hydroxylation is 1. The fourth-order valence-electron chi connectivity index (χ4n) is 2.25. The van der Waals surface area contributed by atoms with Gasteiger partial charge in [0.1, 0.15) is 18.1 Å². The van der Waals surface area contributed by atoms with Gasteiger partial charge in [-0.25, -0.2) is 0 Å². The first-order valence-electron chi connectivity index (χ1n) is 8.49. The van der Waals surface area contributed by atoms with Crippen molar-refractivity contribution in [2.45, 2.75) is 53.6 Å². The third kappa shape index (κ3) is 5.16. The number of aromatic hydroxyl groups is 1. The largest absolute Gasteiger partial charge is 0.507 e. The van der Waals surface area contributed by atoms with Gasteiger partial charge in [0.15, 0.2) is 0 Å². The summed E-state index contributed by atoms with van der Waals surface area (Å²) in [5.41, 5.74) is 3.93. The average molecular weight is 326 g/mol. The van der Waals surface area contributed by atoms with Crippen LogP contribution in [0.5, 0.6) is 11.5 Å². The smallest absolute Gasteiger partial charge is 0.125 e. The van der Waals surface area contributed by atoms with Crippen LogP contribution in [0, 0.1) is 6.92 Å². The molecule has 0 spiro atoms. The minimum atomic E-state index is 0.0442. The minimum Gasteiger partial charge on any atom is -0.507 e. The molecule has 0 heterocycles. The van der Waals surface area contributed by atoms with Gasteiger partial charge in [-0.05, 0) is 41.2 Å². The highest BCUT2D eigenvalue weighted by Gasteiger charge is 2.15. The molecule has 0 fully saturated rings. The Labute approximate surface area is 146 Å². The highest BCUT2D eigenvalue weighted by atomic mass is 16.5. The molecule has 2 nitrogen and oxygen atoms in total. The summed E-state index contributed by atoms with van der Waals surface area (Å²) in [7, 11) is 0. The number of benzene rings is 2. The lowest BCUT2D eigenvalue weighted by atomic mass is 9.86. The van der Waals surface area contributed by atoms with E-state index in [-0.39, 0.29) is 5.41 Å². The van der Waals surface area contributed by atoms with Crippen LogP contribution in [-0.4, -0.2) is 5.11 Å². The molecular weight excluding hydrogens is 296 g/mol. The second-order valence-electron chi connectivity index (χ2n) is 6.62. The van der Waals surface area contributed by atoms with E-state index >= 15 is 0 Å². The summed E-state index contributed by atoms with van der Waals surface area (Å²) >= 11 is 0. The van der Waals surface area contributed by atoms with Crippen LogP contribution in [0.25, 0.3) is 6.08 Å². The molecular formula is C22H30O2. The molecule has 0 aromatic heterocycles. The van der Waals surface area contributed by atoms with Crippen LogP contribution in [0.1, 0.15) is 56.9 Å². The number of hydrogen-bond donors (Lipinski definition) is 1. The summed E-state index contributed by atoms with van der Waals surface area (Å²) in [6.07, 6.45) is 1.83. The monoisotopic (exact) mass is 326 g/mol. The van der Waals surface area contributed by atoms with Crippen molar-refractivity contribution in [2.75, 3.05) is 0 Å². The van der Waals surface area contributed by atoms with Gasteiger partial charge in [0.2, 0.25) is 0 Å². The van der Waals surface area contributed by atoms with Gasteiger partial charge in [-0.1, -0.05) is 71.5 Å². The van der Waals surface area contributed by atoms with Crippen molar-refractivity contribution in [2.24, 2.45) is 0 Å². The molecule has 0 amide bonds. The number of hydrogen-bond acceptors (Lipinski definition) is 2. The van der Waals surface area contributed by atoms with Crippen molar-refractivity contribution in [3.05, 3.63) is 65.2 Å². The van der Waals surface area contributed by atoms with E-state index in [0.29, 0.717) is 12.4 Å². The van der Waals surface area contributed by atoms with Gasteiger partial charge >= 0.3 is 0 Å². The maximum atomic E-state index is 10.1. The Hall–Kier alpha value is -2.22. The molecule has 0 bridgehead atoms. The molecule has 0 atom stereocenters. The number of rotatable bonds is 4. The standard InChI is InChI=1S/C20H24O2.C2H6/c1-6-15-10-17(20(3,4)5)12-18(11-15)22-13-16-9-7-8-14(2)19(16)21;1-2/h6-12,21H,1,13H2,2-5H3;1-2H3. The zero-order chi connectivity index (χ0) is 18.3. The predicted octanol–water partition coefficient (Wildman–Crippen LogP) is 6.25. The SMILES string of the molecule is C=Cc1cc(OCc2cccc(C)c2O)cc(C(C)(C)C)c1.CC. The second-order valence-corrected chi connectivity index (χ2v) is 6.62. The van der Waals surface area contributed by atoms with Crippen LogP contribution in [0.4, 0.5) is 0 Å². The summed E-state index contributed by atoms with van der Waals surface area (Å²) in [5, 5.41) is 10.1. The average Bonchev–Trinajstić information content (AvgIpc) is 2.57. The van der Waals surface area contributed by atoms with Gasteiger partial charge in [-0.2, -0.15) is 0 Å². The molecule has 0 unspecified atom stereocenters. The van der Waals surface area contributed by atoms with E-state index < -0.39 is 0 Å². The van der Waals surface area contributed by atoms with Crippen molar-refractivity contribution in [1.29, 1.82) is 0 Å². The fraction of sp³-hybridized carbons (Fsp3) is 0.364. The van der Waals surface area contributed by atoms with Crippen LogP contribution >= 0.6 is 0 Å². The van der Waals surface area contributed by atoms with Gasteiger partial charge in [-0.15, -0.1) is 0 Å². The molecule has 2 heteroatoms. The topological polar surface area (TPSA) is 29.5 Å². The quantitative estimate of drug-likeness (QED) is 0.720. The van der Waals surface area contributed by atoms with E-state index in [9.17, 15) is 5.11 Å². The van der Waals surface area contributed by atoms with Gasteiger partial charge in [0, 0.05) is 5.56 Å². The molecule has 2 aromatic rings. The van der Waals surface area contributed by atoms with Gasteiger partial charge < -0.3 is 9.84 Å². The van der Waals surface area contributed by atoms with E-state index in [0.717, 1.165) is 22.4 Å². The fourth-order valence-corrected chi connectivity index (χ4v) is 2.25. The van der Waals surface area contributed by atoms with Crippen LogP contribution in [-0.2, 0) is 12.0 Å². The van der Waals surface area contributed by atoms with Crippen molar-refractivity contribution in [3.63, 3.8) is 0 Å². The van der Waals surface area contributed by atoms with Crippen LogP contribution < -0.4 is 4.74 Å². The predicted molar refractivity (Wildman–Crippen MR) is 104 cm³/mol. The Bertz CT molecular complexity index is 679. The van der Waals surface area contributed by atoms with Crippen molar-refractivity contribution in [1.82, 2.24) is 0 Å². The first-order valence-corrected chi connectivity index (χ1v) is 8.49. The summed E-state index contributed by atoms with van der Waals surface area (Å²) in [6.45, 7) is 16.6. The zero-order valence-electron chi connectivity index (χ0n) is 15.8. The first kappa shape index (κ1) is 19.8. The third-order valence-corrected chi connectivity index (χ3v) is 3.75. The molecule has 0 aliphatic heterocycles. The molecule has 0 saturated heterocycles. The maximum absolute atomic E-state index is 10.1. The van der Waals surface area contributed by atoms with Crippen LogP contribution in [0.2, 0.25) is 0 Å². The van der Waals surface area contributed by atoms with Crippen molar-refractivity contribution in [3.8, 4) is 11.5 Å². The Morgan fingerprint density at radius 1 is 1.12 bits per heavy atom. The number of para-hydroxylation sites is 1. The second kappa shape index (κ2) is 8.58. The first-order chi connectivity index (χ1) is 11.3. The van der Waals surface area contributed by atoms with E-state index in [1.54, 1.807) is 0 Å². The molecule has 130 valence electrons. The van der Waals surface area contributed by atoms with Gasteiger partial charge in [0.05, 0.1) is 0 Å². The molecule has 0 aliphatic carbocycles. The van der Waals surface area contributed by atoms with Gasteiger partial charge in [0.25, 0.3) is 0 Å². The highest BCUT2D eigenvalue weighted by Crippen LogP contribution is 2.29. The lowest BCUT2D eigenvalue weighted by Crippen LogP contribution is -2.11. The molecule has 0 aliphatic rings. The summed E-state index contributed by atoms with van der Waals surface area (Å²) in [4.78, 5) is 0. The zero-order valence-corrected chi connectivity index (χ0v) is 15.8. The van der Waals surface area contributed by atoms with Crippen molar-refractivity contribution < 1.29 is 9.84 Å².